The van der Waals surface area contributed by atoms with Crippen molar-refractivity contribution in [1.29, 1.82) is 0 Å². The molecule has 9 heteroatoms. The molecule has 2 atom stereocenters. The summed E-state index contributed by atoms with van der Waals surface area (Å²) in [4.78, 5) is 17.3. The van der Waals surface area contributed by atoms with Crippen LogP contribution in [-0.2, 0) is 18.1 Å². The second-order valence-electron chi connectivity index (χ2n) is 1.76. The van der Waals surface area contributed by atoms with E-state index < -0.39 is 21.6 Å². The second-order valence-corrected chi connectivity index (χ2v) is 5.21. The van der Waals surface area contributed by atoms with Crippen LogP contribution in [0.1, 0.15) is 0 Å². The van der Waals surface area contributed by atoms with Crippen molar-refractivity contribution in [2.75, 3.05) is 6.16 Å². The number of nitrogens with two attached hydrogens (primary N) is 1. The van der Waals surface area contributed by atoms with Gasteiger partial charge in [0.25, 0.3) is 0 Å². The highest BCUT2D eigenvalue weighted by molar-refractivity contribution is 7.64. The van der Waals surface area contributed by atoms with Crippen LogP contribution in [0.5, 0.6) is 0 Å². The van der Waals surface area contributed by atoms with Crippen LogP contribution in [-0.4, -0.2) is 15.9 Å². The zero-order valence-electron chi connectivity index (χ0n) is 5.99. The number of allylic oxidation sites excluding steroid dienone is 1. The van der Waals surface area contributed by atoms with Gasteiger partial charge in [0.1, 0.15) is 0 Å². The lowest BCUT2D eigenvalue weighted by Crippen LogP contribution is -2.00. The van der Waals surface area contributed by atoms with Gasteiger partial charge in [-0.25, -0.2) is 19.4 Å². The van der Waals surface area contributed by atoms with Crippen LogP contribution in [0.2, 0.25) is 0 Å². The van der Waals surface area contributed by atoms with Crippen molar-refractivity contribution in [2.45, 2.75) is 0 Å². The Kier molecular flexibility index (Phi) is 4.30. The Bertz CT molecular complexity index is 251. The SMILES string of the molecule is C=CCP(=O)(O)OP(=O)(O)ON. The van der Waals surface area contributed by atoms with Gasteiger partial charge in [-0.1, -0.05) is 6.08 Å². The first kappa shape index (κ1) is 12.0. The standard InChI is InChI=1S/C3H9NO6P2/c1-2-3-11(5,6)10-12(7,8)9-4/h2H,1,3-4H2,(H,5,6)(H,7,8). The summed E-state index contributed by atoms with van der Waals surface area (Å²) in [6, 6.07) is 0. The predicted octanol–water partition coefficient (Wildman–Crippen LogP) is 0.365. The molecule has 0 aromatic carbocycles. The Morgan fingerprint density at radius 3 is 2.33 bits per heavy atom. The lowest BCUT2D eigenvalue weighted by atomic mass is 10.8. The maximum atomic E-state index is 10.8. The van der Waals surface area contributed by atoms with E-state index in [0.717, 1.165) is 6.08 Å². The van der Waals surface area contributed by atoms with Crippen LogP contribution in [0.15, 0.2) is 12.7 Å². The molecule has 0 saturated heterocycles. The van der Waals surface area contributed by atoms with Gasteiger partial charge < -0.3 is 9.79 Å². The fourth-order valence-corrected chi connectivity index (χ4v) is 2.41. The Hall–Kier alpha value is -0.0000000000000000694. The first-order valence-electron chi connectivity index (χ1n) is 2.68. The van der Waals surface area contributed by atoms with Crippen molar-refractivity contribution >= 4 is 15.4 Å². The molecule has 0 spiro atoms. The number of hydrogen-bond acceptors (Lipinski definition) is 5. The third-order valence-corrected chi connectivity index (χ3v) is 3.56. The molecule has 0 aromatic rings. The van der Waals surface area contributed by atoms with Gasteiger partial charge in [0.15, 0.2) is 0 Å². The highest BCUT2D eigenvalue weighted by atomic mass is 31.3. The highest BCUT2D eigenvalue weighted by Crippen LogP contribution is 2.58. The van der Waals surface area contributed by atoms with Gasteiger partial charge in [-0.3, -0.25) is 4.57 Å². The van der Waals surface area contributed by atoms with Crippen molar-refractivity contribution in [3.63, 3.8) is 0 Å². The molecule has 0 fully saturated rings. The molecule has 2 unspecified atom stereocenters. The first-order valence-corrected chi connectivity index (χ1v) is 5.94. The van der Waals surface area contributed by atoms with Crippen LogP contribution < -0.4 is 5.90 Å². The zero-order valence-corrected chi connectivity index (χ0v) is 7.78. The third-order valence-electron chi connectivity index (χ3n) is 0.724. The quantitative estimate of drug-likeness (QED) is 0.345. The van der Waals surface area contributed by atoms with Gasteiger partial charge >= 0.3 is 15.4 Å². The molecule has 72 valence electrons. The van der Waals surface area contributed by atoms with Crippen LogP contribution in [0, 0.1) is 0 Å². The van der Waals surface area contributed by atoms with E-state index in [2.05, 4.69) is 21.4 Å². The molecule has 7 nitrogen and oxygen atoms in total. The predicted molar refractivity (Wildman–Crippen MR) is 41.1 cm³/mol. The van der Waals surface area contributed by atoms with E-state index in [1.165, 1.54) is 0 Å². The molecule has 0 amide bonds. The first-order chi connectivity index (χ1) is 5.33. The summed E-state index contributed by atoms with van der Waals surface area (Å²) in [5, 5.41) is 0. The summed E-state index contributed by atoms with van der Waals surface area (Å²) in [6.07, 6.45) is 0.609. The van der Waals surface area contributed by atoms with Gasteiger partial charge in [-0.15, -0.1) is 6.58 Å². The lowest BCUT2D eigenvalue weighted by Gasteiger charge is -2.12. The summed E-state index contributed by atoms with van der Waals surface area (Å²) in [5.74, 6) is 4.31. The zero-order chi connectivity index (χ0) is 9.83. The third kappa shape index (κ3) is 4.79. The molecule has 0 aliphatic carbocycles. The number of hydrogen-bond donors (Lipinski definition) is 3. The van der Waals surface area contributed by atoms with E-state index >= 15 is 0 Å². The summed E-state index contributed by atoms with van der Waals surface area (Å²) >= 11 is 0. The molecule has 0 saturated carbocycles. The van der Waals surface area contributed by atoms with E-state index in [9.17, 15) is 9.13 Å². The molecule has 0 aliphatic rings. The van der Waals surface area contributed by atoms with Gasteiger partial charge in [-0.05, 0) is 0 Å². The Balaban J connectivity index is 4.34. The highest BCUT2D eigenvalue weighted by Gasteiger charge is 2.31. The summed E-state index contributed by atoms with van der Waals surface area (Å²) in [5.41, 5.74) is 0. The minimum Gasteiger partial charge on any atom is -0.324 e. The van der Waals surface area contributed by atoms with Gasteiger partial charge in [0.05, 0.1) is 6.16 Å². The molecule has 0 rings (SSSR count). The second kappa shape index (κ2) is 4.30. The molecule has 12 heavy (non-hydrogen) atoms. The normalized spacial score (nSPS) is 20.9. The van der Waals surface area contributed by atoms with Crippen molar-refractivity contribution in [2.24, 2.45) is 5.90 Å². The van der Waals surface area contributed by atoms with Crippen LogP contribution in [0.4, 0.5) is 0 Å². The molecular formula is C3H9NO6P2. The fourth-order valence-electron chi connectivity index (χ4n) is 0.377. The van der Waals surface area contributed by atoms with E-state index in [1.807, 2.05) is 0 Å². The van der Waals surface area contributed by atoms with E-state index in [4.69, 9.17) is 9.79 Å². The van der Waals surface area contributed by atoms with E-state index in [0.29, 0.717) is 0 Å². The van der Waals surface area contributed by atoms with Crippen LogP contribution in [0.25, 0.3) is 0 Å². The molecule has 0 aromatic heterocycles. The summed E-state index contributed by atoms with van der Waals surface area (Å²) in [7, 11) is -8.77. The molecule has 0 bridgehead atoms. The van der Waals surface area contributed by atoms with Crippen molar-refractivity contribution < 1.29 is 27.9 Å². The van der Waals surface area contributed by atoms with E-state index in [-0.39, 0.29) is 0 Å². The molecule has 0 radical (unpaired) electrons. The lowest BCUT2D eigenvalue weighted by molar-refractivity contribution is 0.200. The number of phosphoric acid groups is 1. The van der Waals surface area contributed by atoms with Gasteiger partial charge in [0, 0.05) is 0 Å². The smallest absolute Gasteiger partial charge is 0.324 e. The van der Waals surface area contributed by atoms with Crippen molar-refractivity contribution in [3.8, 4) is 0 Å². The summed E-state index contributed by atoms with van der Waals surface area (Å²) in [6.45, 7) is 3.15. The fraction of sp³-hybridized carbons (Fsp3) is 0.333. The van der Waals surface area contributed by atoms with E-state index in [1.54, 1.807) is 0 Å². The van der Waals surface area contributed by atoms with Crippen LogP contribution in [0.3, 0.4) is 0 Å². The molecular weight excluding hydrogens is 208 g/mol. The molecule has 0 aliphatic heterocycles. The maximum absolute atomic E-state index is 10.8. The van der Waals surface area contributed by atoms with Gasteiger partial charge in [0.2, 0.25) is 0 Å². The minimum atomic E-state index is -4.61. The van der Waals surface area contributed by atoms with Crippen LogP contribution >= 0.6 is 15.4 Å². The van der Waals surface area contributed by atoms with Gasteiger partial charge in [-0.2, -0.15) is 0 Å². The monoisotopic (exact) mass is 217 g/mol. The average Bonchev–Trinajstić information content (AvgIpc) is 1.85. The number of rotatable bonds is 5. The van der Waals surface area contributed by atoms with Crippen molar-refractivity contribution in [1.82, 2.24) is 0 Å². The largest absolute Gasteiger partial charge is 0.495 e. The Morgan fingerprint density at radius 2 is 2.00 bits per heavy atom. The minimum absolute atomic E-state index is 0.457. The topological polar surface area (TPSA) is 119 Å². The van der Waals surface area contributed by atoms with Crippen molar-refractivity contribution in [3.05, 3.63) is 12.7 Å². The Morgan fingerprint density at radius 1 is 1.50 bits per heavy atom. The average molecular weight is 217 g/mol. The molecule has 0 heterocycles. The summed E-state index contributed by atoms with van der Waals surface area (Å²) < 4.78 is 28.5. The Labute approximate surface area is 68.9 Å². The molecule has 4 N–H and O–H groups in total. The maximum Gasteiger partial charge on any atom is 0.495 e.